The van der Waals surface area contributed by atoms with Gasteiger partial charge in [-0.1, -0.05) is 44.9 Å². The first-order chi connectivity index (χ1) is 20.9. The summed E-state index contributed by atoms with van der Waals surface area (Å²) in [5.41, 5.74) is 0.775. The summed E-state index contributed by atoms with van der Waals surface area (Å²) < 4.78 is 18.6. The third-order valence-corrected chi connectivity index (χ3v) is 8.83. The van der Waals surface area contributed by atoms with Gasteiger partial charge in [0, 0.05) is 55.1 Å². The molecule has 3 atom stereocenters. The number of benzene rings is 2. The van der Waals surface area contributed by atoms with Crippen molar-refractivity contribution in [2.45, 2.75) is 64.5 Å². The van der Waals surface area contributed by atoms with Crippen molar-refractivity contribution in [3.05, 3.63) is 48.2 Å². The van der Waals surface area contributed by atoms with Gasteiger partial charge >= 0.3 is 5.97 Å². The van der Waals surface area contributed by atoms with Gasteiger partial charge in [-0.05, 0) is 43.0 Å². The Labute approximate surface area is 252 Å². The van der Waals surface area contributed by atoms with Crippen LogP contribution in [0.15, 0.2) is 42.6 Å². The SMILES string of the molecule is CCCCN(CCCC)C(=O)CN1C[C@H](c2cc(OC)c3c(c2)OCO3)C(C(=O)O)[C@@H]1CCn1cc2ccccc2c1O. The Morgan fingerprint density at radius 2 is 1.84 bits per heavy atom. The van der Waals surface area contributed by atoms with Crippen LogP contribution in [-0.4, -0.2) is 82.6 Å². The van der Waals surface area contributed by atoms with Gasteiger partial charge in [0.15, 0.2) is 17.4 Å². The zero-order valence-corrected chi connectivity index (χ0v) is 25.3. The van der Waals surface area contributed by atoms with E-state index < -0.39 is 23.8 Å². The van der Waals surface area contributed by atoms with E-state index in [1.165, 1.54) is 0 Å². The molecule has 0 bridgehead atoms. The summed E-state index contributed by atoms with van der Waals surface area (Å²) in [6.07, 6.45) is 6.18. The molecule has 0 aliphatic carbocycles. The minimum absolute atomic E-state index is 0.0227. The number of carbonyl (C=O) groups excluding carboxylic acids is 1. The standard InChI is InChI=1S/C33H43N3O7/c1-4-6-13-34(14-7-5-2)29(37)20-36-19-25(23-16-27(41-3)31-28(17-23)42-21-43-31)30(33(39)40)26(36)12-15-35-18-22-10-8-9-11-24(22)32(35)38/h8-11,16-18,25-26,30,38H,4-7,12-15,19-21H2,1-3H3,(H,39,40)/t25-,26+,30?/m1/s1. The third kappa shape index (κ3) is 6.39. The highest BCUT2D eigenvalue weighted by Gasteiger charge is 2.47. The molecule has 2 aliphatic heterocycles. The number of carbonyl (C=O) groups is 2. The van der Waals surface area contributed by atoms with Crippen LogP contribution in [0.1, 0.15) is 57.4 Å². The summed E-state index contributed by atoms with van der Waals surface area (Å²) in [5, 5.41) is 23.2. The predicted molar refractivity (Wildman–Crippen MR) is 163 cm³/mol. The number of aromatic hydroxyl groups is 1. The Morgan fingerprint density at radius 3 is 2.51 bits per heavy atom. The van der Waals surface area contributed by atoms with Gasteiger partial charge in [-0.2, -0.15) is 0 Å². The molecule has 0 spiro atoms. The molecule has 1 aromatic heterocycles. The summed E-state index contributed by atoms with van der Waals surface area (Å²) in [7, 11) is 1.55. The molecule has 0 saturated carbocycles. The number of carboxylic acid groups (broad SMARTS) is 1. The van der Waals surface area contributed by atoms with E-state index in [0.717, 1.165) is 42.0 Å². The van der Waals surface area contributed by atoms with Crippen LogP contribution < -0.4 is 14.2 Å². The van der Waals surface area contributed by atoms with Crippen molar-refractivity contribution in [3.8, 4) is 23.1 Å². The van der Waals surface area contributed by atoms with E-state index in [0.29, 0.717) is 49.8 Å². The number of aliphatic carboxylic acids is 1. The van der Waals surface area contributed by atoms with Gasteiger partial charge in [-0.25, -0.2) is 0 Å². The van der Waals surface area contributed by atoms with Gasteiger partial charge in [0.2, 0.25) is 18.4 Å². The van der Waals surface area contributed by atoms with Crippen molar-refractivity contribution in [1.29, 1.82) is 0 Å². The summed E-state index contributed by atoms with van der Waals surface area (Å²) in [6, 6.07) is 10.8. The molecule has 1 fully saturated rings. The number of hydrogen-bond donors (Lipinski definition) is 2. The number of ether oxygens (including phenoxy) is 3. The zero-order valence-electron chi connectivity index (χ0n) is 25.3. The van der Waals surface area contributed by atoms with E-state index in [1.807, 2.05) is 52.4 Å². The highest BCUT2D eigenvalue weighted by Crippen LogP contribution is 2.47. The van der Waals surface area contributed by atoms with Crippen LogP contribution in [0.2, 0.25) is 0 Å². The molecule has 1 saturated heterocycles. The fourth-order valence-corrected chi connectivity index (χ4v) is 6.53. The van der Waals surface area contributed by atoms with Crippen LogP contribution in [0, 0.1) is 5.92 Å². The summed E-state index contributed by atoms with van der Waals surface area (Å²) in [6.45, 7) is 6.63. The molecule has 0 radical (unpaired) electrons. The first-order valence-electron chi connectivity index (χ1n) is 15.3. The average molecular weight is 594 g/mol. The number of nitrogens with zero attached hydrogens (tertiary/aromatic N) is 3. The van der Waals surface area contributed by atoms with E-state index in [-0.39, 0.29) is 25.1 Å². The lowest BCUT2D eigenvalue weighted by molar-refractivity contribution is -0.144. The molecule has 2 aromatic carbocycles. The van der Waals surface area contributed by atoms with Gasteiger partial charge in [-0.3, -0.25) is 14.5 Å². The van der Waals surface area contributed by atoms with Crippen molar-refractivity contribution < 1.29 is 34.0 Å². The average Bonchev–Trinajstić information content (AvgIpc) is 3.71. The fourth-order valence-electron chi connectivity index (χ4n) is 6.53. The Bertz CT molecular complexity index is 1430. The first-order valence-corrected chi connectivity index (χ1v) is 15.3. The lowest BCUT2D eigenvalue weighted by atomic mass is 9.84. The molecule has 10 nitrogen and oxygen atoms in total. The zero-order chi connectivity index (χ0) is 30.5. The second-order valence-corrected chi connectivity index (χ2v) is 11.5. The van der Waals surface area contributed by atoms with Crippen LogP contribution in [0.5, 0.6) is 23.1 Å². The molecule has 2 aliphatic rings. The van der Waals surface area contributed by atoms with Crippen LogP contribution in [0.25, 0.3) is 10.8 Å². The van der Waals surface area contributed by atoms with Crippen molar-refractivity contribution >= 4 is 22.6 Å². The Balaban J connectivity index is 1.46. The number of aryl methyl sites for hydroxylation is 1. The van der Waals surface area contributed by atoms with E-state index in [9.17, 15) is 19.8 Å². The summed E-state index contributed by atoms with van der Waals surface area (Å²) in [5.74, 6) is -0.400. The van der Waals surface area contributed by atoms with Crippen LogP contribution in [0.4, 0.5) is 0 Å². The number of methoxy groups -OCH3 is 1. The molecule has 3 aromatic rings. The normalized spacial score (nSPS) is 19.7. The number of rotatable bonds is 14. The van der Waals surface area contributed by atoms with Gasteiger partial charge in [0.05, 0.1) is 19.6 Å². The molecule has 10 heteroatoms. The number of likely N-dealkylation sites (tertiary alicyclic amines) is 1. The number of amides is 1. The number of carboxylic acids is 1. The van der Waals surface area contributed by atoms with Crippen molar-refractivity contribution in [1.82, 2.24) is 14.4 Å². The van der Waals surface area contributed by atoms with Crippen LogP contribution in [-0.2, 0) is 16.1 Å². The maximum atomic E-state index is 13.7. The fraction of sp³-hybridized carbons (Fsp3) is 0.515. The maximum absolute atomic E-state index is 13.7. The molecule has 1 unspecified atom stereocenters. The number of unbranched alkanes of at least 4 members (excludes halogenated alkanes) is 2. The lowest BCUT2D eigenvalue weighted by Crippen LogP contribution is -2.45. The second-order valence-electron chi connectivity index (χ2n) is 11.5. The second kappa shape index (κ2) is 13.6. The van der Waals surface area contributed by atoms with Crippen molar-refractivity contribution in [2.75, 3.05) is 40.1 Å². The molecule has 232 valence electrons. The monoisotopic (exact) mass is 593 g/mol. The van der Waals surface area contributed by atoms with E-state index in [2.05, 4.69) is 13.8 Å². The minimum atomic E-state index is -0.919. The van der Waals surface area contributed by atoms with Gasteiger partial charge in [0.1, 0.15) is 0 Å². The van der Waals surface area contributed by atoms with Crippen molar-refractivity contribution in [3.63, 3.8) is 0 Å². The van der Waals surface area contributed by atoms with E-state index in [4.69, 9.17) is 14.2 Å². The quantitative estimate of drug-likeness (QED) is 0.266. The largest absolute Gasteiger partial charge is 0.494 e. The molecule has 43 heavy (non-hydrogen) atoms. The third-order valence-electron chi connectivity index (χ3n) is 8.83. The molecular formula is C33H43N3O7. The summed E-state index contributed by atoms with van der Waals surface area (Å²) in [4.78, 5) is 30.7. The molecular weight excluding hydrogens is 550 g/mol. The van der Waals surface area contributed by atoms with Crippen LogP contribution >= 0.6 is 0 Å². The topological polar surface area (TPSA) is 114 Å². The Hall–Kier alpha value is -3.92. The van der Waals surface area contributed by atoms with Crippen LogP contribution in [0.3, 0.4) is 0 Å². The number of hydrogen-bond acceptors (Lipinski definition) is 7. The van der Waals surface area contributed by atoms with E-state index >= 15 is 0 Å². The Kier molecular flexibility index (Phi) is 9.65. The predicted octanol–water partition coefficient (Wildman–Crippen LogP) is 5.07. The Morgan fingerprint density at radius 1 is 1.09 bits per heavy atom. The molecule has 3 heterocycles. The maximum Gasteiger partial charge on any atom is 0.308 e. The number of aromatic nitrogens is 1. The molecule has 5 rings (SSSR count). The van der Waals surface area contributed by atoms with Gasteiger partial charge < -0.3 is 33.9 Å². The smallest absolute Gasteiger partial charge is 0.308 e. The van der Waals surface area contributed by atoms with Gasteiger partial charge in [0.25, 0.3) is 0 Å². The molecule has 2 N–H and O–H groups in total. The van der Waals surface area contributed by atoms with Gasteiger partial charge in [-0.15, -0.1) is 0 Å². The minimum Gasteiger partial charge on any atom is -0.494 e. The first kappa shape index (κ1) is 30.5. The van der Waals surface area contributed by atoms with Crippen molar-refractivity contribution in [2.24, 2.45) is 5.92 Å². The highest BCUT2D eigenvalue weighted by atomic mass is 16.7. The highest BCUT2D eigenvalue weighted by molar-refractivity contribution is 5.87. The van der Waals surface area contributed by atoms with E-state index in [1.54, 1.807) is 11.7 Å². The summed E-state index contributed by atoms with van der Waals surface area (Å²) >= 11 is 0. The number of fused-ring (bicyclic) bond motifs is 2. The lowest BCUT2D eigenvalue weighted by Gasteiger charge is -2.30. The molecule has 1 amide bonds.